The van der Waals surface area contributed by atoms with Crippen LogP contribution in [-0.2, 0) is 6.42 Å². The Morgan fingerprint density at radius 3 is 3.43 bits per heavy atom. The second-order valence-electron chi connectivity index (χ2n) is 3.71. The highest BCUT2D eigenvalue weighted by Gasteiger charge is 2.22. The third-order valence-corrected chi connectivity index (χ3v) is 2.85. The van der Waals surface area contributed by atoms with Gasteiger partial charge in [0.25, 0.3) is 0 Å². The van der Waals surface area contributed by atoms with Crippen molar-refractivity contribution in [3.05, 3.63) is 35.7 Å². The largest absolute Gasteiger partial charge is 0.328 e. The van der Waals surface area contributed by atoms with Gasteiger partial charge in [0.2, 0.25) is 0 Å². The SMILES string of the molecule is C1=C2CNCCN2c2ncccc2C1. The number of allylic oxidation sites excluding steroid dienone is 1. The lowest BCUT2D eigenvalue weighted by molar-refractivity contribution is 0.632. The zero-order valence-electron chi connectivity index (χ0n) is 8.03. The summed E-state index contributed by atoms with van der Waals surface area (Å²) in [5.41, 5.74) is 2.72. The highest BCUT2D eigenvalue weighted by Crippen LogP contribution is 2.27. The van der Waals surface area contributed by atoms with E-state index in [1.807, 2.05) is 12.3 Å². The monoisotopic (exact) mass is 187 g/mol. The van der Waals surface area contributed by atoms with E-state index in [9.17, 15) is 0 Å². The molecule has 3 nitrogen and oxygen atoms in total. The summed E-state index contributed by atoms with van der Waals surface area (Å²) in [6.07, 6.45) is 5.21. The zero-order valence-corrected chi connectivity index (χ0v) is 8.03. The second kappa shape index (κ2) is 3.10. The molecule has 2 aliphatic rings. The summed E-state index contributed by atoms with van der Waals surface area (Å²) in [6.45, 7) is 3.07. The summed E-state index contributed by atoms with van der Waals surface area (Å²) in [5.74, 6) is 1.16. The number of pyridine rings is 1. The van der Waals surface area contributed by atoms with Crippen molar-refractivity contribution in [3.8, 4) is 0 Å². The van der Waals surface area contributed by atoms with E-state index in [0.29, 0.717) is 0 Å². The van der Waals surface area contributed by atoms with Crippen LogP contribution in [-0.4, -0.2) is 24.6 Å². The van der Waals surface area contributed by atoms with Gasteiger partial charge in [0.1, 0.15) is 5.82 Å². The molecule has 0 aliphatic carbocycles. The molecule has 1 aromatic rings. The lowest BCUT2D eigenvalue weighted by Crippen LogP contribution is -2.43. The number of piperazine rings is 1. The number of nitrogens with one attached hydrogen (secondary N) is 1. The molecule has 3 heteroatoms. The Balaban J connectivity index is 2.05. The summed E-state index contributed by atoms with van der Waals surface area (Å²) in [7, 11) is 0. The lowest BCUT2D eigenvalue weighted by Gasteiger charge is -2.35. The van der Waals surface area contributed by atoms with Crippen LogP contribution in [0.1, 0.15) is 5.56 Å². The third kappa shape index (κ3) is 1.13. The normalized spacial score (nSPS) is 19.7. The highest BCUT2D eigenvalue weighted by molar-refractivity contribution is 5.57. The Morgan fingerprint density at radius 2 is 2.43 bits per heavy atom. The smallest absolute Gasteiger partial charge is 0.136 e. The number of rotatable bonds is 0. The van der Waals surface area contributed by atoms with Gasteiger partial charge >= 0.3 is 0 Å². The third-order valence-electron chi connectivity index (χ3n) is 2.85. The topological polar surface area (TPSA) is 28.2 Å². The van der Waals surface area contributed by atoms with Crippen LogP contribution >= 0.6 is 0 Å². The summed E-state index contributed by atoms with van der Waals surface area (Å²) >= 11 is 0. The molecule has 1 fully saturated rings. The predicted molar refractivity (Wildman–Crippen MR) is 56.2 cm³/mol. The first-order valence-corrected chi connectivity index (χ1v) is 5.06. The quantitative estimate of drug-likeness (QED) is 0.655. The fraction of sp³-hybridized carbons (Fsp3) is 0.364. The molecule has 0 atom stereocenters. The Hall–Kier alpha value is -1.35. The van der Waals surface area contributed by atoms with Gasteiger partial charge in [-0.25, -0.2) is 4.98 Å². The lowest BCUT2D eigenvalue weighted by atomic mass is 10.1. The standard InChI is InChI=1S/C11H13N3/c1-2-9-3-4-10-8-12-6-7-14(10)11(9)13-5-1/h1-2,4-5,12H,3,6-8H2. The van der Waals surface area contributed by atoms with Crippen molar-refractivity contribution in [2.45, 2.75) is 6.42 Å². The molecule has 0 spiro atoms. The minimum Gasteiger partial charge on any atom is -0.328 e. The van der Waals surface area contributed by atoms with E-state index in [1.165, 1.54) is 11.3 Å². The van der Waals surface area contributed by atoms with Gasteiger partial charge < -0.3 is 10.2 Å². The van der Waals surface area contributed by atoms with Crippen LogP contribution in [0.5, 0.6) is 0 Å². The van der Waals surface area contributed by atoms with E-state index >= 15 is 0 Å². The average Bonchev–Trinajstić information content (AvgIpc) is 2.29. The molecule has 0 saturated carbocycles. The molecule has 2 aliphatic heterocycles. The number of nitrogens with zero attached hydrogens (tertiary/aromatic N) is 2. The molecular formula is C11H13N3. The van der Waals surface area contributed by atoms with Crippen LogP contribution in [0, 0.1) is 0 Å². The summed E-state index contributed by atoms with van der Waals surface area (Å²) in [4.78, 5) is 6.79. The number of aromatic nitrogens is 1. The average molecular weight is 187 g/mol. The Labute approximate surface area is 83.4 Å². The van der Waals surface area contributed by atoms with Crippen molar-refractivity contribution in [3.63, 3.8) is 0 Å². The highest BCUT2D eigenvalue weighted by atomic mass is 15.2. The number of hydrogen-bond donors (Lipinski definition) is 1. The molecule has 1 saturated heterocycles. The van der Waals surface area contributed by atoms with E-state index in [-0.39, 0.29) is 0 Å². The van der Waals surface area contributed by atoms with Crippen molar-refractivity contribution in [2.75, 3.05) is 24.5 Å². The van der Waals surface area contributed by atoms with Crippen LogP contribution in [0.15, 0.2) is 30.1 Å². The molecule has 1 N–H and O–H groups in total. The van der Waals surface area contributed by atoms with Crippen LogP contribution < -0.4 is 10.2 Å². The van der Waals surface area contributed by atoms with Crippen molar-refractivity contribution in [1.29, 1.82) is 0 Å². The maximum absolute atomic E-state index is 4.46. The van der Waals surface area contributed by atoms with Crippen molar-refractivity contribution < 1.29 is 0 Å². The fourth-order valence-corrected chi connectivity index (χ4v) is 2.13. The van der Waals surface area contributed by atoms with Gasteiger partial charge in [0.05, 0.1) is 0 Å². The van der Waals surface area contributed by atoms with Gasteiger partial charge in [-0.3, -0.25) is 0 Å². The van der Waals surface area contributed by atoms with Crippen LogP contribution in [0.2, 0.25) is 0 Å². The van der Waals surface area contributed by atoms with Gasteiger partial charge in [0.15, 0.2) is 0 Å². The molecule has 3 heterocycles. The van der Waals surface area contributed by atoms with Crippen LogP contribution in [0.25, 0.3) is 0 Å². The minimum absolute atomic E-state index is 0.982. The molecule has 72 valence electrons. The first kappa shape index (κ1) is 8.00. The summed E-state index contributed by atoms with van der Waals surface area (Å²) in [5, 5.41) is 3.38. The van der Waals surface area contributed by atoms with Gasteiger partial charge in [-0.1, -0.05) is 12.1 Å². The van der Waals surface area contributed by atoms with E-state index in [0.717, 1.165) is 31.9 Å². The fourth-order valence-electron chi connectivity index (χ4n) is 2.13. The molecule has 0 radical (unpaired) electrons. The molecule has 3 rings (SSSR count). The van der Waals surface area contributed by atoms with E-state index in [2.05, 4.69) is 27.3 Å². The molecule has 14 heavy (non-hydrogen) atoms. The zero-order chi connectivity index (χ0) is 9.38. The molecule has 0 aromatic carbocycles. The predicted octanol–water partition coefficient (Wildman–Crippen LogP) is 0.931. The first-order chi connectivity index (χ1) is 6.95. The van der Waals surface area contributed by atoms with E-state index in [1.54, 1.807) is 0 Å². The Bertz CT molecular complexity index is 384. The summed E-state index contributed by atoms with van der Waals surface area (Å²) < 4.78 is 0. The molecule has 0 bridgehead atoms. The molecule has 0 amide bonds. The molecule has 0 unspecified atom stereocenters. The molecule has 1 aromatic heterocycles. The maximum atomic E-state index is 4.46. The summed E-state index contributed by atoms with van der Waals surface area (Å²) in [6, 6.07) is 4.18. The van der Waals surface area contributed by atoms with Gasteiger partial charge in [0, 0.05) is 31.5 Å². The van der Waals surface area contributed by atoms with Gasteiger partial charge in [-0.2, -0.15) is 0 Å². The molecular weight excluding hydrogens is 174 g/mol. The Morgan fingerprint density at radius 1 is 1.43 bits per heavy atom. The number of hydrogen-bond acceptors (Lipinski definition) is 3. The van der Waals surface area contributed by atoms with Crippen LogP contribution in [0.4, 0.5) is 5.82 Å². The van der Waals surface area contributed by atoms with E-state index < -0.39 is 0 Å². The number of fused-ring (bicyclic) bond motifs is 3. The van der Waals surface area contributed by atoms with Gasteiger partial charge in [-0.05, 0) is 18.1 Å². The van der Waals surface area contributed by atoms with Crippen molar-refractivity contribution in [2.24, 2.45) is 0 Å². The maximum Gasteiger partial charge on any atom is 0.136 e. The Kier molecular flexibility index (Phi) is 1.77. The van der Waals surface area contributed by atoms with Crippen molar-refractivity contribution >= 4 is 5.82 Å². The number of anilines is 1. The van der Waals surface area contributed by atoms with Crippen LogP contribution in [0.3, 0.4) is 0 Å². The van der Waals surface area contributed by atoms with Gasteiger partial charge in [-0.15, -0.1) is 0 Å². The van der Waals surface area contributed by atoms with Crippen molar-refractivity contribution in [1.82, 2.24) is 10.3 Å². The first-order valence-electron chi connectivity index (χ1n) is 5.06. The second-order valence-corrected chi connectivity index (χ2v) is 3.71. The van der Waals surface area contributed by atoms with E-state index in [4.69, 9.17) is 0 Å². The minimum atomic E-state index is 0.982.